The first-order chi connectivity index (χ1) is 17.3. The maximum absolute atomic E-state index is 6.41. The standard InChI is InChI=1S/C32H36N3O/c1-21-15-20-27-29(33-30(36-27)22-11-7-6-8-12-22)28(21)31-34(5)25-13-9-10-14-26(25)35(31)24-18-16-23(17-19-24)32(2,3)4/h9-10,13-20,22H,6-8,11-12H2,1-5H3/q+1. The number of fused-ring (bicyclic) bond motifs is 2. The van der Waals surface area contributed by atoms with Crippen LogP contribution >= 0.6 is 0 Å². The lowest BCUT2D eigenvalue weighted by molar-refractivity contribution is -0.633. The topological polar surface area (TPSA) is 34.8 Å². The molecular formula is C32H36N3O+. The highest BCUT2D eigenvalue weighted by Gasteiger charge is 2.31. The Morgan fingerprint density at radius 3 is 2.36 bits per heavy atom. The summed E-state index contributed by atoms with van der Waals surface area (Å²) in [5, 5.41) is 0. The van der Waals surface area contributed by atoms with E-state index in [-0.39, 0.29) is 5.41 Å². The molecule has 36 heavy (non-hydrogen) atoms. The van der Waals surface area contributed by atoms with Crippen LogP contribution in [0.1, 0.15) is 75.8 Å². The minimum atomic E-state index is 0.114. The molecule has 2 heterocycles. The van der Waals surface area contributed by atoms with Crippen LogP contribution in [0.2, 0.25) is 0 Å². The second kappa shape index (κ2) is 8.62. The Balaban J connectivity index is 1.61. The maximum atomic E-state index is 6.41. The molecule has 0 aliphatic heterocycles. The lowest BCUT2D eigenvalue weighted by atomic mass is 9.87. The normalized spacial score (nSPS) is 15.2. The molecule has 1 saturated carbocycles. The Labute approximate surface area is 213 Å². The number of rotatable bonds is 3. The molecule has 4 heteroatoms. The molecule has 0 spiro atoms. The lowest BCUT2D eigenvalue weighted by Crippen LogP contribution is -2.30. The van der Waals surface area contributed by atoms with Gasteiger partial charge in [0.1, 0.15) is 11.2 Å². The van der Waals surface area contributed by atoms with Crippen molar-refractivity contribution in [3.63, 3.8) is 0 Å². The Hall–Kier alpha value is -3.40. The van der Waals surface area contributed by atoms with Crippen LogP contribution in [0.5, 0.6) is 0 Å². The molecule has 0 saturated heterocycles. The second-order valence-corrected chi connectivity index (χ2v) is 11.5. The number of nitrogens with zero attached hydrogens (tertiary/aromatic N) is 3. The predicted molar refractivity (Wildman–Crippen MR) is 147 cm³/mol. The summed E-state index contributed by atoms with van der Waals surface area (Å²) in [7, 11) is 2.16. The van der Waals surface area contributed by atoms with Crippen LogP contribution in [0.3, 0.4) is 0 Å². The minimum absolute atomic E-state index is 0.114. The number of hydrogen-bond acceptors (Lipinski definition) is 2. The zero-order valence-electron chi connectivity index (χ0n) is 22.1. The first-order valence-corrected chi connectivity index (χ1v) is 13.3. The number of hydrogen-bond donors (Lipinski definition) is 0. The van der Waals surface area contributed by atoms with Gasteiger partial charge in [-0.2, -0.15) is 4.57 Å². The van der Waals surface area contributed by atoms with Gasteiger partial charge < -0.3 is 4.42 Å². The highest BCUT2D eigenvalue weighted by atomic mass is 16.3. The third kappa shape index (κ3) is 3.75. The van der Waals surface area contributed by atoms with E-state index < -0.39 is 0 Å². The molecule has 1 aliphatic rings. The molecule has 184 valence electrons. The van der Waals surface area contributed by atoms with Crippen LogP contribution < -0.4 is 4.57 Å². The van der Waals surface area contributed by atoms with E-state index in [1.54, 1.807) is 0 Å². The molecule has 1 fully saturated rings. The SMILES string of the molecule is Cc1ccc2oc(C3CCCCC3)nc2c1-c1n(-c2ccc(C(C)(C)C)cc2)c2ccccc2[n+]1C. The van der Waals surface area contributed by atoms with E-state index in [1.165, 1.54) is 54.3 Å². The van der Waals surface area contributed by atoms with E-state index in [9.17, 15) is 0 Å². The number of oxazole rings is 1. The van der Waals surface area contributed by atoms with Crippen LogP contribution in [0.15, 0.2) is 65.1 Å². The smallest absolute Gasteiger partial charge is 0.297 e. The van der Waals surface area contributed by atoms with Gasteiger partial charge in [-0.3, -0.25) is 0 Å². The third-order valence-electron chi connectivity index (χ3n) is 7.97. The predicted octanol–water partition coefficient (Wildman–Crippen LogP) is 7.92. The fourth-order valence-electron chi connectivity index (χ4n) is 5.88. The summed E-state index contributed by atoms with van der Waals surface area (Å²) in [4.78, 5) is 5.17. The quantitative estimate of drug-likeness (QED) is 0.247. The lowest BCUT2D eigenvalue weighted by Gasteiger charge is -2.18. The summed E-state index contributed by atoms with van der Waals surface area (Å²) in [6.07, 6.45) is 6.21. The zero-order chi connectivity index (χ0) is 25.0. The van der Waals surface area contributed by atoms with Crippen molar-refractivity contribution in [2.24, 2.45) is 7.05 Å². The van der Waals surface area contributed by atoms with Gasteiger partial charge in [0, 0.05) is 5.92 Å². The number of aryl methyl sites for hydroxylation is 2. The van der Waals surface area contributed by atoms with Gasteiger partial charge in [-0.05, 0) is 66.6 Å². The van der Waals surface area contributed by atoms with Gasteiger partial charge in [0.05, 0.1) is 12.6 Å². The molecule has 0 unspecified atom stereocenters. The van der Waals surface area contributed by atoms with Gasteiger partial charge in [-0.15, -0.1) is 0 Å². The summed E-state index contributed by atoms with van der Waals surface area (Å²) in [5.41, 5.74) is 9.20. The maximum Gasteiger partial charge on any atom is 0.297 e. The van der Waals surface area contributed by atoms with Crippen LogP contribution in [0, 0.1) is 6.92 Å². The molecule has 0 radical (unpaired) electrons. The van der Waals surface area contributed by atoms with E-state index in [1.807, 2.05) is 0 Å². The van der Waals surface area contributed by atoms with Crippen molar-refractivity contribution in [2.45, 2.75) is 71.1 Å². The van der Waals surface area contributed by atoms with Crippen molar-refractivity contribution in [3.8, 4) is 17.1 Å². The Morgan fingerprint density at radius 1 is 0.917 bits per heavy atom. The summed E-state index contributed by atoms with van der Waals surface area (Å²) in [6.45, 7) is 8.97. The molecule has 0 atom stereocenters. The number of aromatic nitrogens is 3. The van der Waals surface area contributed by atoms with Crippen LogP contribution in [-0.2, 0) is 12.5 Å². The molecule has 3 aromatic carbocycles. The molecular weight excluding hydrogens is 442 g/mol. The van der Waals surface area contributed by atoms with Crippen molar-refractivity contribution >= 4 is 22.1 Å². The number of para-hydroxylation sites is 2. The van der Waals surface area contributed by atoms with Gasteiger partial charge in [0.15, 0.2) is 22.5 Å². The second-order valence-electron chi connectivity index (χ2n) is 11.5. The van der Waals surface area contributed by atoms with Crippen molar-refractivity contribution in [1.82, 2.24) is 9.55 Å². The monoisotopic (exact) mass is 478 g/mol. The van der Waals surface area contributed by atoms with Crippen molar-refractivity contribution < 1.29 is 8.98 Å². The molecule has 1 aliphatic carbocycles. The van der Waals surface area contributed by atoms with Gasteiger partial charge in [-0.25, -0.2) is 9.55 Å². The van der Waals surface area contributed by atoms with Crippen LogP contribution in [0.4, 0.5) is 0 Å². The van der Waals surface area contributed by atoms with E-state index in [0.29, 0.717) is 5.92 Å². The fourth-order valence-corrected chi connectivity index (χ4v) is 5.88. The molecule has 0 bridgehead atoms. The van der Waals surface area contributed by atoms with Crippen molar-refractivity contribution in [1.29, 1.82) is 0 Å². The van der Waals surface area contributed by atoms with E-state index in [2.05, 4.69) is 105 Å². The van der Waals surface area contributed by atoms with Gasteiger partial charge >= 0.3 is 0 Å². The number of imidazole rings is 1. The van der Waals surface area contributed by atoms with Gasteiger partial charge in [0.25, 0.3) is 5.82 Å². The average molecular weight is 479 g/mol. The van der Waals surface area contributed by atoms with Crippen molar-refractivity contribution in [2.75, 3.05) is 0 Å². The summed E-state index contributed by atoms with van der Waals surface area (Å²) in [6, 6.07) is 22.0. The van der Waals surface area contributed by atoms with E-state index in [0.717, 1.165) is 34.1 Å². The summed E-state index contributed by atoms with van der Waals surface area (Å²) >= 11 is 0. The summed E-state index contributed by atoms with van der Waals surface area (Å²) in [5.74, 6) is 2.48. The molecule has 4 nitrogen and oxygen atoms in total. The average Bonchev–Trinajstić information content (AvgIpc) is 3.44. The van der Waals surface area contributed by atoms with Crippen LogP contribution in [0.25, 0.3) is 39.2 Å². The highest BCUT2D eigenvalue weighted by Crippen LogP contribution is 2.38. The minimum Gasteiger partial charge on any atom is -0.440 e. The highest BCUT2D eigenvalue weighted by molar-refractivity contribution is 5.92. The summed E-state index contributed by atoms with van der Waals surface area (Å²) < 4.78 is 11.1. The Kier molecular flexibility index (Phi) is 5.51. The van der Waals surface area contributed by atoms with Crippen molar-refractivity contribution in [3.05, 3.63) is 77.7 Å². The van der Waals surface area contributed by atoms with E-state index >= 15 is 0 Å². The zero-order valence-corrected chi connectivity index (χ0v) is 22.1. The first-order valence-electron chi connectivity index (χ1n) is 13.3. The molecule has 0 amide bonds. The van der Waals surface area contributed by atoms with Gasteiger partial charge in [-0.1, -0.05) is 70.4 Å². The molecule has 5 aromatic rings. The third-order valence-corrected chi connectivity index (χ3v) is 7.97. The molecule has 0 N–H and O–H groups in total. The largest absolute Gasteiger partial charge is 0.440 e. The fraction of sp³-hybridized carbons (Fsp3) is 0.375. The van der Waals surface area contributed by atoms with Crippen LogP contribution in [-0.4, -0.2) is 9.55 Å². The first kappa shape index (κ1) is 23.0. The van der Waals surface area contributed by atoms with E-state index in [4.69, 9.17) is 9.40 Å². The Morgan fingerprint density at radius 2 is 1.64 bits per heavy atom. The molecule has 2 aromatic heterocycles. The number of benzene rings is 3. The molecule has 6 rings (SSSR count). The van der Waals surface area contributed by atoms with Gasteiger partial charge in [0.2, 0.25) is 0 Å². The Bertz CT molecular complexity index is 1560.